The lowest BCUT2D eigenvalue weighted by Gasteiger charge is -2.39. The summed E-state index contributed by atoms with van der Waals surface area (Å²) in [5, 5.41) is 10.9. The van der Waals surface area contributed by atoms with Crippen molar-refractivity contribution in [3.63, 3.8) is 0 Å². The minimum absolute atomic E-state index is 0.504. The first kappa shape index (κ1) is 12.9. The van der Waals surface area contributed by atoms with E-state index in [0.29, 0.717) is 18.5 Å². The Morgan fingerprint density at radius 2 is 0.867 bits per heavy atom. The predicted molar refractivity (Wildman–Crippen MR) is 65.5 cm³/mol. The largest absolute Gasteiger partial charge is 0.286 e. The van der Waals surface area contributed by atoms with Gasteiger partial charge in [0, 0.05) is 0 Å². The smallest absolute Gasteiger partial charge is 0.0595 e. The van der Waals surface area contributed by atoms with E-state index < -0.39 is 0 Å². The Labute approximate surface area is 94.4 Å². The van der Waals surface area contributed by atoms with Gasteiger partial charge >= 0.3 is 0 Å². The standard InChI is InChI=1S/C12H27N3/c1-4-7-10-13-11(8-5-2)15-12(14-10)9-6-3/h10-15H,4-9H2,1-3H3. The maximum Gasteiger partial charge on any atom is 0.0595 e. The van der Waals surface area contributed by atoms with Gasteiger partial charge in [0.05, 0.1) is 18.5 Å². The van der Waals surface area contributed by atoms with Crippen LogP contribution in [-0.4, -0.2) is 18.5 Å². The van der Waals surface area contributed by atoms with Crippen molar-refractivity contribution in [3.8, 4) is 0 Å². The molecule has 1 rings (SSSR count). The van der Waals surface area contributed by atoms with Crippen LogP contribution in [0.5, 0.6) is 0 Å². The Kier molecular flexibility index (Phi) is 6.22. The van der Waals surface area contributed by atoms with Crippen LogP contribution in [-0.2, 0) is 0 Å². The van der Waals surface area contributed by atoms with E-state index in [-0.39, 0.29) is 0 Å². The molecule has 3 heteroatoms. The number of rotatable bonds is 6. The molecule has 90 valence electrons. The minimum Gasteiger partial charge on any atom is -0.286 e. The maximum atomic E-state index is 3.62. The van der Waals surface area contributed by atoms with Gasteiger partial charge in [0.25, 0.3) is 0 Å². The number of nitrogens with one attached hydrogen (secondary N) is 3. The molecular formula is C12H27N3. The van der Waals surface area contributed by atoms with Crippen LogP contribution in [0, 0.1) is 0 Å². The molecule has 0 saturated carbocycles. The molecule has 0 aromatic carbocycles. The molecular weight excluding hydrogens is 186 g/mol. The zero-order valence-corrected chi connectivity index (χ0v) is 10.5. The molecule has 3 nitrogen and oxygen atoms in total. The zero-order chi connectivity index (χ0) is 11.1. The molecule has 3 N–H and O–H groups in total. The average molecular weight is 213 g/mol. The summed E-state index contributed by atoms with van der Waals surface area (Å²) in [4.78, 5) is 0. The maximum absolute atomic E-state index is 3.62. The highest BCUT2D eigenvalue weighted by Crippen LogP contribution is 2.08. The Morgan fingerprint density at radius 3 is 1.07 bits per heavy atom. The van der Waals surface area contributed by atoms with Gasteiger partial charge in [0.1, 0.15) is 0 Å². The third kappa shape index (κ3) is 4.49. The Morgan fingerprint density at radius 1 is 0.600 bits per heavy atom. The second-order valence-corrected chi connectivity index (χ2v) is 4.52. The first-order chi connectivity index (χ1) is 7.30. The van der Waals surface area contributed by atoms with Crippen LogP contribution in [0.1, 0.15) is 59.3 Å². The van der Waals surface area contributed by atoms with E-state index in [2.05, 4.69) is 36.7 Å². The predicted octanol–water partition coefficient (Wildman–Crippen LogP) is 2.15. The molecule has 1 fully saturated rings. The van der Waals surface area contributed by atoms with E-state index in [1.165, 1.54) is 38.5 Å². The molecule has 0 unspecified atom stereocenters. The lowest BCUT2D eigenvalue weighted by atomic mass is 10.1. The van der Waals surface area contributed by atoms with E-state index in [9.17, 15) is 0 Å². The summed E-state index contributed by atoms with van der Waals surface area (Å²) < 4.78 is 0. The van der Waals surface area contributed by atoms with Gasteiger partial charge < -0.3 is 0 Å². The summed E-state index contributed by atoms with van der Waals surface area (Å²) in [6.45, 7) is 6.74. The van der Waals surface area contributed by atoms with Gasteiger partial charge in [-0.3, -0.25) is 16.0 Å². The quantitative estimate of drug-likeness (QED) is 0.633. The highest BCUT2D eigenvalue weighted by Gasteiger charge is 2.24. The van der Waals surface area contributed by atoms with Gasteiger partial charge in [-0.25, -0.2) is 0 Å². The van der Waals surface area contributed by atoms with Crippen molar-refractivity contribution in [1.29, 1.82) is 0 Å². The summed E-state index contributed by atoms with van der Waals surface area (Å²) in [5.74, 6) is 0. The van der Waals surface area contributed by atoms with Gasteiger partial charge in [-0.15, -0.1) is 0 Å². The molecule has 0 amide bonds. The van der Waals surface area contributed by atoms with Crippen LogP contribution < -0.4 is 16.0 Å². The average Bonchev–Trinajstić information content (AvgIpc) is 2.19. The number of hydrogen-bond donors (Lipinski definition) is 3. The van der Waals surface area contributed by atoms with E-state index >= 15 is 0 Å². The van der Waals surface area contributed by atoms with E-state index in [4.69, 9.17) is 0 Å². The van der Waals surface area contributed by atoms with Gasteiger partial charge in [-0.05, 0) is 19.3 Å². The second kappa shape index (κ2) is 7.20. The van der Waals surface area contributed by atoms with E-state index in [1.54, 1.807) is 0 Å². The third-order valence-corrected chi connectivity index (χ3v) is 2.94. The normalized spacial score (nSPS) is 31.8. The fourth-order valence-electron chi connectivity index (χ4n) is 2.24. The van der Waals surface area contributed by atoms with Gasteiger partial charge in [0.2, 0.25) is 0 Å². The molecule has 1 aliphatic heterocycles. The molecule has 0 aliphatic carbocycles. The third-order valence-electron chi connectivity index (χ3n) is 2.94. The fraction of sp³-hybridized carbons (Fsp3) is 1.00. The van der Waals surface area contributed by atoms with Crippen molar-refractivity contribution in [2.24, 2.45) is 0 Å². The van der Waals surface area contributed by atoms with Crippen molar-refractivity contribution in [2.45, 2.75) is 77.8 Å². The van der Waals surface area contributed by atoms with Gasteiger partial charge in [0.15, 0.2) is 0 Å². The molecule has 0 aromatic rings. The Bertz CT molecular complexity index is 126. The molecule has 15 heavy (non-hydrogen) atoms. The van der Waals surface area contributed by atoms with Crippen molar-refractivity contribution in [1.82, 2.24) is 16.0 Å². The summed E-state index contributed by atoms with van der Waals surface area (Å²) in [6, 6.07) is 0. The molecule has 0 aromatic heterocycles. The first-order valence-corrected chi connectivity index (χ1v) is 6.58. The summed E-state index contributed by atoms with van der Waals surface area (Å²) in [7, 11) is 0. The molecule has 0 radical (unpaired) electrons. The van der Waals surface area contributed by atoms with Crippen LogP contribution in [0.4, 0.5) is 0 Å². The van der Waals surface area contributed by atoms with E-state index in [0.717, 1.165) is 0 Å². The highest BCUT2D eigenvalue weighted by molar-refractivity contribution is 4.82. The van der Waals surface area contributed by atoms with Crippen molar-refractivity contribution < 1.29 is 0 Å². The summed E-state index contributed by atoms with van der Waals surface area (Å²) in [5.41, 5.74) is 0. The summed E-state index contributed by atoms with van der Waals surface area (Å²) in [6.07, 6.45) is 8.90. The van der Waals surface area contributed by atoms with Crippen LogP contribution >= 0.6 is 0 Å². The summed E-state index contributed by atoms with van der Waals surface area (Å²) >= 11 is 0. The SMILES string of the molecule is CCCC1NC(CCC)NC(CCC)N1. The molecule has 1 heterocycles. The van der Waals surface area contributed by atoms with Crippen molar-refractivity contribution in [3.05, 3.63) is 0 Å². The molecule has 0 spiro atoms. The number of hydrogen-bond acceptors (Lipinski definition) is 3. The molecule has 1 aliphatic rings. The first-order valence-electron chi connectivity index (χ1n) is 6.58. The lowest BCUT2D eigenvalue weighted by Crippen LogP contribution is -2.66. The Hall–Kier alpha value is -0.120. The monoisotopic (exact) mass is 213 g/mol. The molecule has 1 saturated heterocycles. The van der Waals surface area contributed by atoms with Crippen LogP contribution in [0.25, 0.3) is 0 Å². The van der Waals surface area contributed by atoms with E-state index in [1.807, 2.05) is 0 Å². The van der Waals surface area contributed by atoms with Crippen molar-refractivity contribution in [2.75, 3.05) is 0 Å². The van der Waals surface area contributed by atoms with Crippen molar-refractivity contribution >= 4 is 0 Å². The zero-order valence-electron chi connectivity index (χ0n) is 10.5. The Balaban J connectivity index is 2.40. The topological polar surface area (TPSA) is 36.1 Å². The lowest BCUT2D eigenvalue weighted by molar-refractivity contribution is 0.176. The van der Waals surface area contributed by atoms with Crippen LogP contribution in [0.15, 0.2) is 0 Å². The van der Waals surface area contributed by atoms with Gasteiger partial charge in [-0.2, -0.15) is 0 Å². The molecule has 0 bridgehead atoms. The van der Waals surface area contributed by atoms with Crippen LogP contribution in [0.3, 0.4) is 0 Å². The highest BCUT2D eigenvalue weighted by atomic mass is 15.3. The fourth-order valence-corrected chi connectivity index (χ4v) is 2.24. The van der Waals surface area contributed by atoms with Crippen LogP contribution in [0.2, 0.25) is 0 Å². The molecule has 0 atom stereocenters. The minimum atomic E-state index is 0.504. The van der Waals surface area contributed by atoms with Gasteiger partial charge in [-0.1, -0.05) is 40.0 Å². The second-order valence-electron chi connectivity index (χ2n) is 4.52.